The quantitative estimate of drug-likeness (QED) is 0.805. The number of para-hydroxylation sites is 1. The Labute approximate surface area is 127 Å². The lowest BCUT2D eigenvalue weighted by Gasteiger charge is -2.10. The van der Waals surface area contributed by atoms with E-state index in [0.29, 0.717) is 18.1 Å². The van der Waals surface area contributed by atoms with Crippen molar-refractivity contribution in [2.45, 2.75) is 6.54 Å². The standard InChI is InChI=1S/C15H15ClN4O/c1-21-13-5-3-2-4-11(13)14-19-12-8-10(16)9-18-15(12)20(14)7-6-17/h2-5,8-9H,6-7,17H2,1H3. The van der Waals surface area contributed by atoms with Crippen molar-refractivity contribution in [1.29, 1.82) is 0 Å². The highest BCUT2D eigenvalue weighted by Gasteiger charge is 2.16. The summed E-state index contributed by atoms with van der Waals surface area (Å²) in [5, 5.41) is 0.562. The normalized spacial score (nSPS) is 11.0. The minimum absolute atomic E-state index is 0.498. The van der Waals surface area contributed by atoms with E-state index in [9.17, 15) is 0 Å². The van der Waals surface area contributed by atoms with E-state index >= 15 is 0 Å². The molecule has 0 amide bonds. The summed E-state index contributed by atoms with van der Waals surface area (Å²) < 4.78 is 7.41. The van der Waals surface area contributed by atoms with Gasteiger partial charge in [-0.25, -0.2) is 9.97 Å². The molecule has 0 fully saturated rings. The van der Waals surface area contributed by atoms with Gasteiger partial charge in [0.1, 0.15) is 17.1 Å². The van der Waals surface area contributed by atoms with Gasteiger partial charge in [-0.2, -0.15) is 0 Å². The average Bonchev–Trinajstić information content (AvgIpc) is 2.85. The van der Waals surface area contributed by atoms with Crippen LogP contribution in [0.2, 0.25) is 5.02 Å². The molecule has 1 aromatic carbocycles. The number of hydrogen-bond acceptors (Lipinski definition) is 4. The Bertz CT molecular complexity index is 784. The third kappa shape index (κ3) is 2.46. The number of nitrogens with two attached hydrogens (primary N) is 1. The molecule has 0 bridgehead atoms. The van der Waals surface area contributed by atoms with E-state index in [1.807, 2.05) is 28.8 Å². The molecule has 0 radical (unpaired) electrons. The Hall–Kier alpha value is -2.11. The summed E-state index contributed by atoms with van der Waals surface area (Å²) >= 11 is 6.00. The summed E-state index contributed by atoms with van der Waals surface area (Å²) in [6.07, 6.45) is 1.62. The highest BCUT2D eigenvalue weighted by molar-refractivity contribution is 6.31. The number of nitrogens with zero attached hydrogens (tertiary/aromatic N) is 3. The highest BCUT2D eigenvalue weighted by Crippen LogP contribution is 2.31. The molecular formula is C15H15ClN4O. The molecule has 0 aliphatic rings. The molecule has 0 atom stereocenters. The number of benzene rings is 1. The van der Waals surface area contributed by atoms with Gasteiger partial charge in [-0.1, -0.05) is 23.7 Å². The lowest BCUT2D eigenvalue weighted by molar-refractivity contribution is 0.416. The van der Waals surface area contributed by atoms with Gasteiger partial charge in [0.25, 0.3) is 0 Å². The number of fused-ring (bicyclic) bond motifs is 1. The number of rotatable bonds is 4. The molecule has 3 aromatic rings. The lowest BCUT2D eigenvalue weighted by atomic mass is 10.2. The van der Waals surface area contributed by atoms with Crippen molar-refractivity contribution in [1.82, 2.24) is 14.5 Å². The van der Waals surface area contributed by atoms with Gasteiger partial charge < -0.3 is 15.0 Å². The molecular weight excluding hydrogens is 288 g/mol. The van der Waals surface area contributed by atoms with Crippen LogP contribution in [0.3, 0.4) is 0 Å². The van der Waals surface area contributed by atoms with Gasteiger partial charge in [-0.15, -0.1) is 0 Å². The molecule has 3 rings (SSSR count). The minimum atomic E-state index is 0.498. The molecule has 2 N–H and O–H groups in total. The predicted octanol–water partition coefficient (Wildman–Crippen LogP) is 2.72. The topological polar surface area (TPSA) is 66.0 Å². The van der Waals surface area contributed by atoms with Crippen molar-refractivity contribution in [3.8, 4) is 17.1 Å². The van der Waals surface area contributed by atoms with E-state index in [0.717, 1.165) is 28.3 Å². The summed E-state index contributed by atoms with van der Waals surface area (Å²) in [5.74, 6) is 1.54. The van der Waals surface area contributed by atoms with Crippen molar-refractivity contribution in [3.05, 3.63) is 41.6 Å². The minimum Gasteiger partial charge on any atom is -0.496 e. The van der Waals surface area contributed by atoms with Crippen LogP contribution in [0.15, 0.2) is 36.5 Å². The average molecular weight is 303 g/mol. The van der Waals surface area contributed by atoms with Crippen LogP contribution in [-0.4, -0.2) is 28.2 Å². The highest BCUT2D eigenvalue weighted by atomic mass is 35.5. The Morgan fingerprint density at radius 3 is 2.90 bits per heavy atom. The van der Waals surface area contributed by atoms with E-state index in [1.165, 1.54) is 0 Å². The monoisotopic (exact) mass is 302 g/mol. The number of imidazole rings is 1. The summed E-state index contributed by atoms with van der Waals surface area (Å²) in [6.45, 7) is 1.12. The molecule has 0 unspecified atom stereocenters. The Balaban J connectivity index is 2.28. The molecule has 0 spiro atoms. The van der Waals surface area contributed by atoms with Crippen LogP contribution >= 0.6 is 11.6 Å². The van der Waals surface area contributed by atoms with Gasteiger partial charge in [0.2, 0.25) is 0 Å². The molecule has 2 aromatic heterocycles. The largest absolute Gasteiger partial charge is 0.496 e. The van der Waals surface area contributed by atoms with Crippen LogP contribution in [0.5, 0.6) is 5.75 Å². The molecule has 0 aliphatic heterocycles. The van der Waals surface area contributed by atoms with Crippen molar-refractivity contribution in [2.24, 2.45) is 5.73 Å². The predicted molar refractivity (Wildman–Crippen MR) is 83.6 cm³/mol. The van der Waals surface area contributed by atoms with Crippen LogP contribution in [0.25, 0.3) is 22.6 Å². The van der Waals surface area contributed by atoms with Crippen LogP contribution < -0.4 is 10.5 Å². The second kappa shape index (κ2) is 5.71. The lowest BCUT2D eigenvalue weighted by Crippen LogP contribution is -2.11. The van der Waals surface area contributed by atoms with Gasteiger partial charge in [0, 0.05) is 19.3 Å². The van der Waals surface area contributed by atoms with Gasteiger partial charge in [0.05, 0.1) is 17.7 Å². The summed E-state index contributed by atoms with van der Waals surface area (Å²) in [5.41, 5.74) is 8.15. The maximum atomic E-state index is 6.00. The third-order valence-electron chi connectivity index (χ3n) is 3.25. The smallest absolute Gasteiger partial charge is 0.160 e. The van der Waals surface area contributed by atoms with Crippen molar-refractivity contribution < 1.29 is 4.74 Å². The van der Waals surface area contributed by atoms with Gasteiger partial charge >= 0.3 is 0 Å². The number of methoxy groups -OCH3 is 1. The number of ether oxygens (including phenoxy) is 1. The first-order chi connectivity index (χ1) is 10.2. The maximum Gasteiger partial charge on any atom is 0.160 e. The fourth-order valence-electron chi connectivity index (χ4n) is 2.36. The van der Waals surface area contributed by atoms with E-state index in [-0.39, 0.29) is 0 Å². The fraction of sp³-hybridized carbons (Fsp3) is 0.200. The zero-order chi connectivity index (χ0) is 14.8. The molecule has 2 heterocycles. The Kier molecular flexibility index (Phi) is 3.77. The first-order valence-electron chi connectivity index (χ1n) is 6.60. The van der Waals surface area contributed by atoms with Crippen molar-refractivity contribution >= 4 is 22.8 Å². The molecule has 108 valence electrons. The zero-order valence-electron chi connectivity index (χ0n) is 11.6. The Morgan fingerprint density at radius 1 is 1.33 bits per heavy atom. The zero-order valence-corrected chi connectivity index (χ0v) is 12.3. The Morgan fingerprint density at radius 2 is 2.14 bits per heavy atom. The summed E-state index contributed by atoms with van der Waals surface area (Å²) in [7, 11) is 1.64. The van der Waals surface area contributed by atoms with Crippen molar-refractivity contribution in [2.75, 3.05) is 13.7 Å². The van der Waals surface area contributed by atoms with E-state index in [1.54, 1.807) is 19.4 Å². The summed E-state index contributed by atoms with van der Waals surface area (Å²) in [6, 6.07) is 9.55. The number of aromatic nitrogens is 3. The van der Waals surface area contributed by atoms with Crippen molar-refractivity contribution in [3.63, 3.8) is 0 Å². The van der Waals surface area contributed by atoms with Gasteiger partial charge in [-0.05, 0) is 18.2 Å². The third-order valence-corrected chi connectivity index (χ3v) is 3.46. The molecule has 0 saturated carbocycles. The SMILES string of the molecule is COc1ccccc1-c1nc2cc(Cl)cnc2n1CCN. The van der Waals surface area contributed by atoms with Crippen LogP contribution in [-0.2, 0) is 6.54 Å². The second-order valence-corrected chi connectivity index (χ2v) is 5.01. The molecule has 0 aliphatic carbocycles. The number of hydrogen-bond donors (Lipinski definition) is 1. The molecule has 6 heteroatoms. The number of pyridine rings is 1. The van der Waals surface area contributed by atoms with E-state index in [4.69, 9.17) is 22.1 Å². The molecule has 0 saturated heterocycles. The van der Waals surface area contributed by atoms with Crippen LogP contribution in [0.4, 0.5) is 0 Å². The van der Waals surface area contributed by atoms with E-state index < -0.39 is 0 Å². The summed E-state index contributed by atoms with van der Waals surface area (Å²) in [4.78, 5) is 9.02. The van der Waals surface area contributed by atoms with Gasteiger partial charge in [0.15, 0.2) is 5.65 Å². The number of halogens is 1. The molecule has 21 heavy (non-hydrogen) atoms. The first kappa shape index (κ1) is 13.9. The van der Waals surface area contributed by atoms with E-state index in [2.05, 4.69) is 9.97 Å². The first-order valence-corrected chi connectivity index (χ1v) is 6.97. The van der Waals surface area contributed by atoms with Crippen LogP contribution in [0, 0.1) is 0 Å². The molecule has 5 nitrogen and oxygen atoms in total. The van der Waals surface area contributed by atoms with Crippen LogP contribution in [0.1, 0.15) is 0 Å². The maximum absolute atomic E-state index is 6.00. The second-order valence-electron chi connectivity index (χ2n) is 4.57. The fourth-order valence-corrected chi connectivity index (χ4v) is 2.51. The van der Waals surface area contributed by atoms with Gasteiger partial charge in [-0.3, -0.25) is 0 Å².